The van der Waals surface area contributed by atoms with Crippen LogP contribution in [0.1, 0.15) is 27.7 Å². The van der Waals surface area contributed by atoms with E-state index in [9.17, 15) is 0 Å². The fourth-order valence-electron chi connectivity index (χ4n) is 2.03. The lowest BCUT2D eigenvalue weighted by molar-refractivity contribution is 0.264. The molecule has 108 valence electrons. The summed E-state index contributed by atoms with van der Waals surface area (Å²) >= 11 is 0. The summed E-state index contributed by atoms with van der Waals surface area (Å²) in [7, 11) is 0. The third-order valence-electron chi connectivity index (χ3n) is 2.97. The molecule has 0 unspecified atom stereocenters. The van der Waals surface area contributed by atoms with Gasteiger partial charge < -0.3 is 9.47 Å². The van der Waals surface area contributed by atoms with Crippen molar-refractivity contribution < 1.29 is 9.47 Å². The first-order chi connectivity index (χ1) is 9.58. The Hall–Kier alpha value is -1.70. The zero-order valence-electron chi connectivity index (χ0n) is 12.8. The molecule has 0 aliphatic heterocycles. The molecule has 0 N–H and O–H groups in total. The van der Waals surface area contributed by atoms with Crippen molar-refractivity contribution in [2.24, 2.45) is 11.8 Å². The van der Waals surface area contributed by atoms with Crippen LogP contribution in [0.2, 0.25) is 0 Å². The molecule has 2 aromatic carbocycles. The highest BCUT2D eigenvalue weighted by atomic mass is 16.5. The summed E-state index contributed by atoms with van der Waals surface area (Å²) in [4.78, 5) is 0. The van der Waals surface area contributed by atoms with Gasteiger partial charge in [0.25, 0.3) is 0 Å². The van der Waals surface area contributed by atoms with Crippen LogP contribution in [-0.2, 0) is 0 Å². The quantitative estimate of drug-likeness (QED) is 0.744. The van der Waals surface area contributed by atoms with Crippen molar-refractivity contribution in [2.45, 2.75) is 27.7 Å². The second-order valence-corrected chi connectivity index (χ2v) is 6.02. The van der Waals surface area contributed by atoms with E-state index in [1.54, 1.807) is 0 Å². The molecule has 0 saturated carbocycles. The van der Waals surface area contributed by atoms with Crippen LogP contribution in [0.3, 0.4) is 0 Å². The van der Waals surface area contributed by atoms with Gasteiger partial charge in [-0.05, 0) is 29.4 Å². The minimum Gasteiger partial charge on any atom is -0.493 e. The number of hydrogen-bond donors (Lipinski definition) is 0. The van der Waals surface area contributed by atoms with Gasteiger partial charge in [0.15, 0.2) is 0 Å². The van der Waals surface area contributed by atoms with Crippen molar-refractivity contribution in [2.75, 3.05) is 13.2 Å². The lowest BCUT2D eigenvalue weighted by atomic mass is 10.1. The van der Waals surface area contributed by atoms with E-state index >= 15 is 0 Å². The van der Waals surface area contributed by atoms with E-state index in [0.717, 1.165) is 35.5 Å². The van der Waals surface area contributed by atoms with Gasteiger partial charge in [0.05, 0.1) is 18.6 Å². The van der Waals surface area contributed by atoms with Gasteiger partial charge in [-0.15, -0.1) is 0 Å². The molecule has 0 aliphatic carbocycles. The summed E-state index contributed by atoms with van der Waals surface area (Å²) in [6.07, 6.45) is 0. The van der Waals surface area contributed by atoms with Crippen LogP contribution >= 0.6 is 0 Å². The highest BCUT2D eigenvalue weighted by Gasteiger charge is 2.09. The second-order valence-electron chi connectivity index (χ2n) is 6.02. The molecule has 0 aliphatic rings. The highest BCUT2D eigenvalue weighted by Crippen LogP contribution is 2.34. The van der Waals surface area contributed by atoms with Gasteiger partial charge in [-0.1, -0.05) is 52.0 Å². The third-order valence-corrected chi connectivity index (χ3v) is 2.97. The maximum absolute atomic E-state index is 5.95. The fraction of sp³-hybridized carbons (Fsp3) is 0.444. The fourth-order valence-corrected chi connectivity index (χ4v) is 2.03. The molecule has 0 heterocycles. The molecule has 0 atom stereocenters. The van der Waals surface area contributed by atoms with E-state index in [1.165, 1.54) is 0 Å². The van der Waals surface area contributed by atoms with Crippen molar-refractivity contribution in [1.29, 1.82) is 0 Å². The molecule has 2 rings (SSSR count). The van der Waals surface area contributed by atoms with Crippen molar-refractivity contribution in [3.05, 3.63) is 36.4 Å². The van der Waals surface area contributed by atoms with Crippen LogP contribution < -0.4 is 9.47 Å². The Morgan fingerprint density at radius 3 is 1.60 bits per heavy atom. The smallest absolute Gasteiger partial charge is 0.130 e. The van der Waals surface area contributed by atoms with Crippen LogP contribution in [0.4, 0.5) is 0 Å². The van der Waals surface area contributed by atoms with Crippen molar-refractivity contribution in [1.82, 2.24) is 0 Å². The van der Waals surface area contributed by atoms with Gasteiger partial charge in [0.2, 0.25) is 0 Å². The second kappa shape index (κ2) is 6.65. The Bertz CT molecular complexity index is 512. The topological polar surface area (TPSA) is 18.5 Å². The largest absolute Gasteiger partial charge is 0.493 e. The first kappa shape index (κ1) is 14.7. The van der Waals surface area contributed by atoms with Crippen LogP contribution in [0.25, 0.3) is 10.8 Å². The summed E-state index contributed by atoms with van der Waals surface area (Å²) in [6, 6.07) is 12.3. The average Bonchev–Trinajstić information content (AvgIpc) is 2.42. The molecule has 0 bridgehead atoms. The molecule has 0 saturated heterocycles. The normalized spacial score (nSPS) is 11.3. The van der Waals surface area contributed by atoms with Crippen LogP contribution in [-0.4, -0.2) is 13.2 Å². The summed E-state index contributed by atoms with van der Waals surface area (Å²) in [5.41, 5.74) is 0. The van der Waals surface area contributed by atoms with Gasteiger partial charge in [0.1, 0.15) is 11.5 Å². The van der Waals surface area contributed by atoms with Gasteiger partial charge in [-0.2, -0.15) is 0 Å². The average molecular weight is 272 g/mol. The van der Waals surface area contributed by atoms with Gasteiger partial charge >= 0.3 is 0 Å². The van der Waals surface area contributed by atoms with E-state index in [-0.39, 0.29) is 0 Å². The maximum atomic E-state index is 5.95. The van der Waals surface area contributed by atoms with E-state index in [2.05, 4.69) is 39.8 Å². The van der Waals surface area contributed by atoms with Crippen LogP contribution in [0.15, 0.2) is 36.4 Å². The first-order valence-corrected chi connectivity index (χ1v) is 7.35. The lowest BCUT2D eigenvalue weighted by Crippen LogP contribution is -2.07. The van der Waals surface area contributed by atoms with Gasteiger partial charge in [-0.25, -0.2) is 0 Å². The Labute approximate surface area is 121 Å². The predicted octanol–water partition coefficient (Wildman–Crippen LogP) is 4.91. The lowest BCUT2D eigenvalue weighted by Gasteiger charge is -2.15. The summed E-state index contributed by atoms with van der Waals surface area (Å²) in [6.45, 7) is 10.1. The Morgan fingerprint density at radius 2 is 1.20 bits per heavy atom. The van der Waals surface area contributed by atoms with Gasteiger partial charge in [-0.3, -0.25) is 0 Å². The number of hydrogen-bond acceptors (Lipinski definition) is 2. The SMILES string of the molecule is CC(C)COc1cccc2cccc(OCC(C)C)c12. The molecular weight excluding hydrogens is 248 g/mol. The van der Waals surface area contributed by atoms with Crippen LogP contribution in [0, 0.1) is 11.8 Å². The minimum atomic E-state index is 0.508. The molecular formula is C18H24O2. The molecule has 2 nitrogen and oxygen atoms in total. The van der Waals surface area contributed by atoms with E-state index in [1.807, 2.05) is 24.3 Å². The molecule has 0 fully saturated rings. The minimum absolute atomic E-state index is 0.508. The Kier molecular flexibility index (Phi) is 4.89. The van der Waals surface area contributed by atoms with Crippen molar-refractivity contribution in [3.63, 3.8) is 0 Å². The van der Waals surface area contributed by atoms with E-state index < -0.39 is 0 Å². The number of fused-ring (bicyclic) bond motifs is 1. The molecule has 0 radical (unpaired) electrons. The van der Waals surface area contributed by atoms with E-state index in [0.29, 0.717) is 11.8 Å². The summed E-state index contributed by atoms with van der Waals surface area (Å²) in [5, 5.41) is 2.24. The molecule has 20 heavy (non-hydrogen) atoms. The number of rotatable bonds is 6. The molecule has 2 heteroatoms. The molecule has 2 aromatic rings. The van der Waals surface area contributed by atoms with E-state index in [4.69, 9.17) is 9.47 Å². The standard InChI is InChI=1S/C18H24O2/c1-13(2)11-19-16-9-5-7-15-8-6-10-17(18(15)16)20-12-14(3)4/h5-10,13-14H,11-12H2,1-4H3. The Morgan fingerprint density at radius 1 is 0.750 bits per heavy atom. The molecule has 0 amide bonds. The highest BCUT2D eigenvalue weighted by molar-refractivity contribution is 5.93. The van der Waals surface area contributed by atoms with Crippen molar-refractivity contribution in [3.8, 4) is 11.5 Å². The Balaban J connectivity index is 2.36. The number of benzene rings is 2. The number of ether oxygens (including phenoxy) is 2. The summed E-state index contributed by atoms with van der Waals surface area (Å²) < 4.78 is 11.9. The maximum Gasteiger partial charge on any atom is 0.130 e. The van der Waals surface area contributed by atoms with Crippen LogP contribution in [0.5, 0.6) is 11.5 Å². The zero-order valence-corrected chi connectivity index (χ0v) is 12.8. The predicted molar refractivity (Wildman–Crippen MR) is 84.6 cm³/mol. The monoisotopic (exact) mass is 272 g/mol. The summed E-state index contributed by atoms with van der Waals surface area (Å²) in [5.74, 6) is 2.84. The third kappa shape index (κ3) is 3.66. The molecule has 0 spiro atoms. The zero-order chi connectivity index (χ0) is 14.5. The van der Waals surface area contributed by atoms with Crippen molar-refractivity contribution >= 4 is 10.8 Å². The first-order valence-electron chi connectivity index (χ1n) is 7.35. The molecule has 0 aromatic heterocycles. The van der Waals surface area contributed by atoms with Gasteiger partial charge in [0, 0.05) is 0 Å².